The van der Waals surface area contributed by atoms with E-state index in [0.29, 0.717) is 21.8 Å². The second-order valence-electron chi connectivity index (χ2n) is 6.02. The molecule has 1 aliphatic rings. The molecule has 1 saturated heterocycles. The molecule has 3 rings (SSSR count). The van der Waals surface area contributed by atoms with Gasteiger partial charge < -0.3 is 16.0 Å². The summed E-state index contributed by atoms with van der Waals surface area (Å²) in [5.74, 6) is -0.461. The van der Waals surface area contributed by atoms with Crippen molar-refractivity contribution in [1.82, 2.24) is 10.6 Å². The predicted octanol–water partition coefficient (Wildman–Crippen LogP) is 3.07. The van der Waals surface area contributed by atoms with Crippen molar-refractivity contribution in [3.8, 4) is 0 Å². The van der Waals surface area contributed by atoms with E-state index in [1.165, 1.54) is 0 Å². The average molecular weight is 358 g/mol. The topological polar surface area (TPSA) is 70.2 Å². The van der Waals surface area contributed by atoms with E-state index in [1.54, 1.807) is 48.5 Å². The number of amides is 2. The molecule has 2 aromatic rings. The Labute approximate surface area is 151 Å². The maximum Gasteiger partial charge on any atom is 0.255 e. The lowest BCUT2D eigenvalue weighted by molar-refractivity contribution is 0.0931. The SMILES string of the molecule is O=C(Nc1ccccc1C(=O)NC1CCCNC1)c1ccc(Cl)cc1. The summed E-state index contributed by atoms with van der Waals surface area (Å²) in [5, 5.41) is 9.67. The molecule has 25 heavy (non-hydrogen) atoms. The van der Waals surface area contributed by atoms with Gasteiger partial charge in [0.2, 0.25) is 0 Å². The van der Waals surface area contributed by atoms with Crippen molar-refractivity contribution in [2.24, 2.45) is 0 Å². The number of anilines is 1. The predicted molar refractivity (Wildman–Crippen MR) is 99.2 cm³/mol. The maximum atomic E-state index is 12.6. The number of piperidine rings is 1. The first kappa shape index (κ1) is 17.5. The van der Waals surface area contributed by atoms with Gasteiger partial charge in [-0.1, -0.05) is 23.7 Å². The van der Waals surface area contributed by atoms with Gasteiger partial charge in [-0.15, -0.1) is 0 Å². The highest BCUT2D eigenvalue weighted by molar-refractivity contribution is 6.30. The number of carbonyl (C=O) groups excluding carboxylic acids is 2. The molecule has 0 bridgehead atoms. The van der Waals surface area contributed by atoms with Crippen molar-refractivity contribution in [3.05, 3.63) is 64.7 Å². The van der Waals surface area contributed by atoms with Crippen LogP contribution in [0.1, 0.15) is 33.6 Å². The number of benzene rings is 2. The van der Waals surface area contributed by atoms with Gasteiger partial charge >= 0.3 is 0 Å². The van der Waals surface area contributed by atoms with Gasteiger partial charge in [-0.05, 0) is 55.8 Å². The Bertz CT molecular complexity index is 756. The summed E-state index contributed by atoms with van der Waals surface area (Å²) >= 11 is 5.85. The first-order valence-corrected chi connectivity index (χ1v) is 8.69. The molecule has 3 N–H and O–H groups in total. The molecule has 0 radical (unpaired) electrons. The largest absolute Gasteiger partial charge is 0.348 e. The number of hydrogen-bond acceptors (Lipinski definition) is 3. The number of rotatable bonds is 4. The fraction of sp³-hybridized carbons (Fsp3) is 0.263. The van der Waals surface area contributed by atoms with E-state index >= 15 is 0 Å². The lowest BCUT2D eigenvalue weighted by atomic mass is 10.1. The highest BCUT2D eigenvalue weighted by atomic mass is 35.5. The highest BCUT2D eigenvalue weighted by Crippen LogP contribution is 2.18. The van der Waals surface area contributed by atoms with E-state index in [2.05, 4.69) is 16.0 Å². The van der Waals surface area contributed by atoms with Gasteiger partial charge in [-0.25, -0.2) is 0 Å². The summed E-state index contributed by atoms with van der Waals surface area (Å²) in [4.78, 5) is 25.0. The first-order valence-electron chi connectivity index (χ1n) is 8.31. The summed E-state index contributed by atoms with van der Waals surface area (Å²) in [7, 11) is 0. The fourth-order valence-electron chi connectivity index (χ4n) is 2.82. The molecule has 2 aromatic carbocycles. The third kappa shape index (κ3) is 4.59. The van der Waals surface area contributed by atoms with Crippen molar-refractivity contribution in [1.29, 1.82) is 0 Å². The van der Waals surface area contributed by atoms with Crippen LogP contribution >= 0.6 is 11.6 Å². The van der Waals surface area contributed by atoms with Crippen LogP contribution in [0.25, 0.3) is 0 Å². The van der Waals surface area contributed by atoms with E-state index in [0.717, 1.165) is 25.9 Å². The smallest absolute Gasteiger partial charge is 0.255 e. The molecule has 0 spiro atoms. The fourth-order valence-corrected chi connectivity index (χ4v) is 2.95. The van der Waals surface area contributed by atoms with Crippen LogP contribution in [0.3, 0.4) is 0 Å². The molecule has 130 valence electrons. The molecule has 2 amide bonds. The van der Waals surface area contributed by atoms with Crippen molar-refractivity contribution in [2.75, 3.05) is 18.4 Å². The number of nitrogens with one attached hydrogen (secondary N) is 3. The number of carbonyl (C=O) groups is 2. The lowest BCUT2D eigenvalue weighted by Crippen LogP contribution is -2.45. The third-order valence-electron chi connectivity index (χ3n) is 4.16. The second kappa shape index (κ2) is 8.14. The van der Waals surface area contributed by atoms with E-state index < -0.39 is 0 Å². The monoisotopic (exact) mass is 357 g/mol. The number of para-hydroxylation sites is 1. The Hall–Kier alpha value is -2.37. The van der Waals surface area contributed by atoms with Crippen LogP contribution < -0.4 is 16.0 Å². The molecule has 0 aromatic heterocycles. The third-order valence-corrected chi connectivity index (χ3v) is 4.41. The zero-order chi connectivity index (χ0) is 17.6. The molecule has 1 unspecified atom stereocenters. The lowest BCUT2D eigenvalue weighted by Gasteiger charge is -2.24. The Morgan fingerprint density at radius 3 is 2.52 bits per heavy atom. The Morgan fingerprint density at radius 1 is 1.04 bits per heavy atom. The van der Waals surface area contributed by atoms with Crippen LogP contribution in [0.15, 0.2) is 48.5 Å². The van der Waals surface area contributed by atoms with Crippen molar-refractivity contribution in [2.45, 2.75) is 18.9 Å². The van der Waals surface area contributed by atoms with Gasteiger partial charge in [0.25, 0.3) is 11.8 Å². The summed E-state index contributed by atoms with van der Waals surface area (Å²) in [6.07, 6.45) is 2.00. The highest BCUT2D eigenvalue weighted by Gasteiger charge is 2.19. The van der Waals surface area contributed by atoms with Gasteiger partial charge in [-0.3, -0.25) is 9.59 Å². The molecular weight excluding hydrogens is 338 g/mol. The quantitative estimate of drug-likeness (QED) is 0.787. The molecule has 6 heteroatoms. The van der Waals surface area contributed by atoms with Gasteiger partial charge in [0.05, 0.1) is 11.3 Å². The Balaban J connectivity index is 1.72. The van der Waals surface area contributed by atoms with Gasteiger partial charge in [0.1, 0.15) is 0 Å². The van der Waals surface area contributed by atoms with E-state index in [4.69, 9.17) is 11.6 Å². The van der Waals surface area contributed by atoms with Gasteiger partial charge in [0, 0.05) is 23.2 Å². The van der Waals surface area contributed by atoms with Crippen LogP contribution in [-0.2, 0) is 0 Å². The second-order valence-corrected chi connectivity index (χ2v) is 6.46. The van der Waals surface area contributed by atoms with E-state index in [9.17, 15) is 9.59 Å². The van der Waals surface area contributed by atoms with Crippen LogP contribution in [0.5, 0.6) is 0 Å². The van der Waals surface area contributed by atoms with Gasteiger partial charge in [-0.2, -0.15) is 0 Å². The standard InChI is InChI=1S/C19H20ClN3O2/c20-14-9-7-13(8-10-14)18(24)23-17-6-2-1-5-16(17)19(25)22-15-4-3-11-21-12-15/h1-2,5-10,15,21H,3-4,11-12H2,(H,22,25)(H,23,24). The molecular formula is C19H20ClN3O2. The maximum absolute atomic E-state index is 12.6. The summed E-state index contributed by atoms with van der Waals surface area (Å²) < 4.78 is 0. The summed E-state index contributed by atoms with van der Waals surface area (Å²) in [5.41, 5.74) is 1.43. The zero-order valence-electron chi connectivity index (χ0n) is 13.7. The molecule has 1 fully saturated rings. The summed E-state index contributed by atoms with van der Waals surface area (Å²) in [6, 6.07) is 13.7. The molecule has 1 atom stereocenters. The Kier molecular flexibility index (Phi) is 5.68. The van der Waals surface area contributed by atoms with Crippen molar-refractivity contribution < 1.29 is 9.59 Å². The van der Waals surface area contributed by atoms with E-state index in [1.807, 2.05) is 0 Å². The van der Waals surface area contributed by atoms with Gasteiger partial charge in [0.15, 0.2) is 0 Å². The first-order chi connectivity index (χ1) is 12.1. The van der Waals surface area contributed by atoms with Crippen LogP contribution in [0.4, 0.5) is 5.69 Å². The molecule has 1 heterocycles. The average Bonchev–Trinajstić information content (AvgIpc) is 2.63. The minimum atomic E-state index is -0.281. The van der Waals surface area contributed by atoms with Crippen molar-refractivity contribution in [3.63, 3.8) is 0 Å². The number of halogens is 1. The summed E-state index contributed by atoms with van der Waals surface area (Å²) in [6.45, 7) is 1.76. The Morgan fingerprint density at radius 2 is 1.80 bits per heavy atom. The molecule has 0 aliphatic carbocycles. The van der Waals surface area contributed by atoms with Crippen LogP contribution in [-0.4, -0.2) is 30.9 Å². The normalized spacial score (nSPS) is 16.9. The van der Waals surface area contributed by atoms with Crippen LogP contribution in [0.2, 0.25) is 5.02 Å². The van der Waals surface area contributed by atoms with E-state index in [-0.39, 0.29) is 17.9 Å². The van der Waals surface area contributed by atoms with Crippen LogP contribution in [0, 0.1) is 0 Å². The molecule has 1 aliphatic heterocycles. The zero-order valence-corrected chi connectivity index (χ0v) is 14.5. The molecule has 0 saturated carbocycles. The molecule has 5 nitrogen and oxygen atoms in total. The number of hydrogen-bond donors (Lipinski definition) is 3. The van der Waals surface area contributed by atoms with Crippen molar-refractivity contribution >= 4 is 29.1 Å². The minimum Gasteiger partial charge on any atom is -0.348 e. The minimum absolute atomic E-state index is 0.112.